The van der Waals surface area contributed by atoms with Crippen LogP contribution in [0.4, 0.5) is 0 Å². The lowest BCUT2D eigenvalue weighted by Crippen LogP contribution is -2.28. The number of ether oxygens (including phenoxy) is 1. The van der Waals surface area contributed by atoms with E-state index in [2.05, 4.69) is 24.1 Å². The Morgan fingerprint density at radius 3 is 2.62 bits per heavy atom. The molecule has 1 unspecified atom stereocenters. The highest BCUT2D eigenvalue weighted by atomic mass is 16.5. The zero-order chi connectivity index (χ0) is 15.1. The number of hydrazine groups is 1. The molecule has 110 valence electrons. The maximum atomic E-state index is 5.84. The van der Waals surface area contributed by atoms with Crippen molar-refractivity contribution in [3.63, 3.8) is 0 Å². The first kappa shape index (κ1) is 15.3. The second-order valence-electron chi connectivity index (χ2n) is 5.23. The van der Waals surface area contributed by atoms with Gasteiger partial charge in [0.25, 0.3) is 0 Å². The van der Waals surface area contributed by atoms with Gasteiger partial charge in [-0.15, -0.1) is 6.58 Å². The molecule has 3 heteroatoms. The van der Waals surface area contributed by atoms with Gasteiger partial charge in [0.15, 0.2) is 0 Å². The highest BCUT2D eigenvalue weighted by molar-refractivity contribution is 5.31. The summed E-state index contributed by atoms with van der Waals surface area (Å²) in [6.45, 7) is 6.50. The number of benzene rings is 2. The van der Waals surface area contributed by atoms with Gasteiger partial charge in [-0.2, -0.15) is 0 Å². The van der Waals surface area contributed by atoms with E-state index in [-0.39, 0.29) is 6.04 Å². The van der Waals surface area contributed by atoms with Gasteiger partial charge in [0.05, 0.1) is 0 Å². The molecule has 0 saturated heterocycles. The summed E-state index contributed by atoms with van der Waals surface area (Å²) in [5, 5.41) is 0. The molecule has 0 heterocycles. The van der Waals surface area contributed by atoms with Crippen molar-refractivity contribution >= 4 is 0 Å². The predicted octanol–water partition coefficient (Wildman–Crippen LogP) is 3.74. The van der Waals surface area contributed by atoms with E-state index in [0.29, 0.717) is 6.61 Å². The third-order valence-electron chi connectivity index (χ3n) is 3.26. The van der Waals surface area contributed by atoms with Gasteiger partial charge < -0.3 is 4.74 Å². The fraction of sp³-hybridized carbons (Fsp3) is 0.222. The molecular weight excluding hydrogens is 260 g/mol. The standard InChI is InChI=1S/C18H22N2O/c1-14(2)11-18(20-19)16-9-6-10-17(12-16)21-13-15-7-4-3-5-8-15/h3-10,12,18,20H,1,11,13,19H2,2H3. The zero-order valence-electron chi connectivity index (χ0n) is 12.4. The van der Waals surface area contributed by atoms with Crippen LogP contribution in [0.25, 0.3) is 0 Å². The summed E-state index contributed by atoms with van der Waals surface area (Å²) >= 11 is 0. The van der Waals surface area contributed by atoms with Crippen molar-refractivity contribution in [3.05, 3.63) is 77.9 Å². The van der Waals surface area contributed by atoms with Gasteiger partial charge in [-0.3, -0.25) is 11.3 Å². The lowest BCUT2D eigenvalue weighted by molar-refractivity contribution is 0.305. The molecular formula is C18H22N2O. The zero-order valence-corrected chi connectivity index (χ0v) is 12.4. The van der Waals surface area contributed by atoms with E-state index < -0.39 is 0 Å². The summed E-state index contributed by atoms with van der Waals surface area (Å²) in [6, 6.07) is 18.2. The van der Waals surface area contributed by atoms with Crippen LogP contribution in [0.1, 0.15) is 30.5 Å². The second kappa shape index (κ2) is 7.62. The monoisotopic (exact) mass is 282 g/mol. The molecule has 0 aliphatic rings. The molecule has 0 aliphatic heterocycles. The third kappa shape index (κ3) is 4.74. The topological polar surface area (TPSA) is 47.3 Å². The Bertz CT molecular complexity index is 581. The van der Waals surface area contributed by atoms with Crippen LogP contribution in [-0.2, 0) is 6.61 Å². The minimum absolute atomic E-state index is 0.0581. The average Bonchev–Trinajstić information content (AvgIpc) is 2.52. The van der Waals surface area contributed by atoms with Crippen LogP contribution in [-0.4, -0.2) is 0 Å². The van der Waals surface area contributed by atoms with Crippen LogP contribution in [0.2, 0.25) is 0 Å². The molecule has 3 N–H and O–H groups in total. The van der Waals surface area contributed by atoms with Crippen LogP contribution in [0.3, 0.4) is 0 Å². The molecule has 21 heavy (non-hydrogen) atoms. The van der Waals surface area contributed by atoms with Crippen molar-refractivity contribution in [3.8, 4) is 5.75 Å². The van der Waals surface area contributed by atoms with Crippen molar-refractivity contribution in [2.75, 3.05) is 0 Å². The smallest absolute Gasteiger partial charge is 0.120 e. The number of hydrogen-bond donors (Lipinski definition) is 2. The number of nitrogens with two attached hydrogens (primary N) is 1. The first-order valence-corrected chi connectivity index (χ1v) is 7.06. The maximum Gasteiger partial charge on any atom is 0.120 e. The molecule has 0 fully saturated rings. The summed E-state index contributed by atoms with van der Waals surface area (Å²) in [4.78, 5) is 0. The minimum Gasteiger partial charge on any atom is -0.489 e. The van der Waals surface area contributed by atoms with Crippen LogP contribution < -0.4 is 16.0 Å². The van der Waals surface area contributed by atoms with Gasteiger partial charge in [0, 0.05) is 6.04 Å². The number of hydrogen-bond acceptors (Lipinski definition) is 3. The molecule has 0 spiro atoms. The Kier molecular flexibility index (Phi) is 5.55. The van der Waals surface area contributed by atoms with Gasteiger partial charge in [-0.05, 0) is 36.6 Å². The Morgan fingerprint density at radius 1 is 1.19 bits per heavy atom. The van der Waals surface area contributed by atoms with E-state index in [1.165, 1.54) is 0 Å². The largest absolute Gasteiger partial charge is 0.489 e. The summed E-state index contributed by atoms with van der Waals surface area (Å²) in [7, 11) is 0. The molecule has 2 aromatic carbocycles. The van der Waals surface area contributed by atoms with E-state index in [9.17, 15) is 0 Å². The molecule has 0 aliphatic carbocycles. The molecule has 2 rings (SSSR count). The SMILES string of the molecule is C=C(C)CC(NN)c1cccc(OCc2ccccc2)c1. The predicted molar refractivity (Wildman–Crippen MR) is 86.7 cm³/mol. The van der Waals surface area contributed by atoms with Gasteiger partial charge in [0.1, 0.15) is 12.4 Å². The molecule has 0 radical (unpaired) electrons. The van der Waals surface area contributed by atoms with Crippen molar-refractivity contribution in [2.45, 2.75) is 26.0 Å². The van der Waals surface area contributed by atoms with Gasteiger partial charge >= 0.3 is 0 Å². The summed E-state index contributed by atoms with van der Waals surface area (Å²) in [5.74, 6) is 6.48. The number of rotatable bonds is 7. The lowest BCUT2D eigenvalue weighted by Gasteiger charge is -2.17. The minimum atomic E-state index is 0.0581. The highest BCUT2D eigenvalue weighted by Crippen LogP contribution is 2.24. The Balaban J connectivity index is 2.04. The van der Waals surface area contributed by atoms with E-state index in [1.54, 1.807) is 0 Å². The molecule has 0 saturated carbocycles. The van der Waals surface area contributed by atoms with E-state index in [1.807, 2.05) is 49.4 Å². The van der Waals surface area contributed by atoms with Gasteiger partial charge in [-0.25, -0.2) is 0 Å². The fourth-order valence-corrected chi connectivity index (χ4v) is 2.18. The van der Waals surface area contributed by atoms with Crippen LogP contribution in [0.5, 0.6) is 5.75 Å². The van der Waals surface area contributed by atoms with E-state index in [4.69, 9.17) is 10.6 Å². The quantitative estimate of drug-likeness (QED) is 0.462. The van der Waals surface area contributed by atoms with Crippen LogP contribution >= 0.6 is 0 Å². The molecule has 3 nitrogen and oxygen atoms in total. The highest BCUT2D eigenvalue weighted by Gasteiger charge is 2.10. The third-order valence-corrected chi connectivity index (χ3v) is 3.26. The molecule has 1 atom stereocenters. The Morgan fingerprint density at radius 2 is 1.95 bits per heavy atom. The average molecular weight is 282 g/mol. The van der Waals surface area contributed by atoms with Crippen molar-refractivity contribution in [1.29, 1.82) is 0 Å². The fourth-order valence-electron chi connectivity index (χ4n) is 2.18. The molecule has 0 aromatic heterocycles. The lowest BCUT2D eigenvalue weighted by atomic mass is 10.0. The number of nitrogens with one attached hydrogen (secondary N) is 1. The van der Waals surface area contributed by atoms with E-state index in [0.717, 1.165) is 28.9 Å². The van der Waals surface area contributed by atoms with Crippen LogP contribution in [0.15, 0.2) is 66.7 Å². The summed E-state index contributed by atoms with van der Waals surface area (Å²) in [5.41, 5.74) is 6.18. The first-order chi connectivity index (χ1) is 10.2. The molecule has 0 amide bonds. The maximum absolute atomic E-state index is 5.84. The first-order valence-electron chi connectivity index (χ1n) is 7.06. The normalized spacial score (nSPS) is 11.9. The Hall–Kier alpha value is -2.10. The van der Waals surface area contributed by atoms with E-state index >= 15 is 0 Å². The second-order valence-corrected chi connectivity index (χ2v) is 5.23. The van der Waals surface area contributed by atoms with Crippen LogP contribution in [0, 0.1) is 0 Å². The van der Waals surface area contributed by atoms with Gasteiger partial charge in [-0.1, -0.05) is 48.0 Å². The van der Waals surface area contributed by atoms with Crippen molar-refractivity contribution < 1.29 is 4.74 Å². The van der Waals surface area contributed by atoms with Gasteiger partial charge in [0.2, 0.25) is 0 Å². The summed E-state index contributed by atoms with van der Waals surface area (Å²) < 4.78 is 5.84. The summed E-state index contributed by atoms with van der Waals surface area (Å²) in [6.07, 6.45) is 0.804. The molecule has 2 aromatic rings. The molecule has 0 bridgehead atoms. The Labute approximate surface area is 126 Å². The van der Waals surface area contributed by atoms with Crippen molar-refractivity contribution in [2.24, 2.45) is 5.84 Å². The van der Waals surface area contributed by atoms with Crippen molar-refractivity contribution in [1.82, 2.24) is 5.43 Å².